The summed E-state index contributed by atoms with van der Waals surface area (Å²) in [6, 6.07) is 2.11. The first-order chi connectivity index (χ1) is 14.8. The highest BCUT2D eigenvalue weighted by Gasteiger charge is 2.30. The average Bonchev–Trinajstić information content (AvgIpc) is 3.03. The highest BCUT2D eigenvalue weighted by atomic mass is 16.5. The molecule has 0 N–H and O–H groups in total. The van der Waals surface area contributed by atoms with E-state index in [0.29, 0.717) is 39.1 Å². The Hall–Kier alpha value is -2.89. The molecule has 1 aromatic rings. The molecule has 9 heteroatoms. The minimum atomic E-state index is -0.290. The molecule has 9 nitrogen and oxygen atoms in total. The van der Waals surface area contributed by atoms with Crippen molar-refractivity contribution < 1.29 is 19.1 Å². The Morgan fingerprint density at radius 1 is 1.32 bits per heavy atom. The molecule has 31 heavy (non-hydrogen) atoms. The van der Waals surface area contributed by atoms with Gasteiger partial charge in [-0.05, 0) is 45.6 Å². The molecule has 0 saturated carbocycles. The molecule has 2 rings (SSSR count). The van der Waals surface area contributed by atoms with Crippen LogP contribution in [-0.2, 0) is 32.1 Å². The number of carbonyl (C=O) groups excluding carboxylic acids is 3. The zero-order valence-corrected chi connectivity index (χ0v) is 19.0. The Kier molecular flexibility index (Phi) is 9.03. The largest absolute Gasteiger partial charge is 0.466 e. The summed E-state index contributed by atoms with van der Waals surface area (Å²) in [6.45, 7) is 7.42. The van der Waals surface area contributed by atoms with Gasteiger partial charge in [-0.15, -0.1) is 0 Å². The topological polar surface area (TPSA) is 109 Å². The molecule has 170 valence electrons. The summed E-state index contributed by atoms with van der Waals surface area (Å²) in [6.07, 6.45) is 2.68. The molecule has 2 amide bonds. The maximum Gasteiger partial charge on any atom is 0.310 e. The number of likely N-dealkylation sites (tertiary alicyclic amines) is 1. The Morgan fingerprint density at radius 2 is 2.06 bits per heavy atom. The number of nitrogens with zero attached hydrogens (tertiary/aromatic N) is 5. The minimum Gasteiger partial charge on any atom is -0.466 e. The zero-order valence-electron chi connectivity index (χ0n) is 19.0. The van der Waals surface area contributed by atoms with Gasteiger partial charge in [-0.2, -0.15) is 10.4 Å². The van der Waals surface area contributed by atoms with Crippen LogP contribution in [0.4, 0.5) is 0 Å². The number of rotatable bonds is 9. The van der Waals surface area contributed by atoms with Gasteiger partial charge in [-0.1, -0.05) is 0 Å². The van der Waals surface area contributed by atoms with Crippen LogP contribution in [0.25, 0.3) is 0 Å². The maximum atomic E-state index is 12.7. The molecular weight excluding hydrogens is 398 g/mol. The van der Waals surface area contributed by atoms with Gasteiger partial charge >= 0.3 is 5.97 Å². The molecule has 1 atom stereocenters. The van der Waals surface area contributed by atoms with Crippen LogP contribution in [0.1, 0.15) is 49.6 Å². The summed E-state index contributed by atoms with van der Waals surface area (Å²) in [5.74, 6) is -0.815. The van der Waals surface area contributed by atoms with Gasteiger partial charge in [-0.3, -0.25) is 19.1 Å². The van der Waals surface area contributed by atoms with Crippen LogP contribution in [-0.4, -0.2) is 70.7 Å². The van der Waals surface area contributed by atoms with Crippen LogP contribution >= 0.6 is 0 Å². The van der Waals surface area contributed by atoms with Crippen LogP contribution in [0.2, 0.25) is 0 Å². The Bertz CT molecular complexity index is 842. The van der Waals surface area contributed by atoms with Gasteiger partial charge in [0, 0.05) is 32.3 Å². The molecule has 0 bridgehead atoms. The molecule has 0 aliphatic carbocycles. The third-order valence-electron chi connectivity index (χ3n) is 5.75. The van der Waals surface area contributed by atoms with Crippen LogP contribution in [0, 0.1) is 31.1 Å². The van der Waals surface area contributed by atoms with Crippen molar-refractivity contribution in [1.29, 1.82) is 5.26 Å². The summed E-state index contributed by atoms with van der Waals surface area (Å²) >= 11 is 0. The van der Waals surface area contributed by atoms with Crippen LogP contribution in [0.3, 0.4) is 0 Å². The molecule has 1 aliphatic rings. The number of esters is 1. The summed E-state index contributed by atoms with van der Waals surface area (Å²) < 4.78 is 6.89. The summed E-state index contributed by atoms with van der Waals surface area (Å²) in [5, 5.41) is 13.2. The number of likely N-dealkylation sites (N-methyl/N-ethyl adjacent to an activating group) is 1. The highest BCUT2D eigenvalue weighted by molar-refractivity contribution is 5.85. The van der Waals surface area contributed by atoms with Gasteiger partial charge in [0.05, 0.1) is 43.8 Å². The number of hydrogen-bond acceptors (Lipinski definition) is 6. The van der Waals surface area contributed by atoms with E-state index in [1.807, 2.05) is 18.5 Å². The molecule has 0 radical (unpaired) electrons. The van der Waals surface area contributed by atoms with E-state index in [1.165, 1.54) is 4.90 Å². The molecule has 2 heterocycles. The third-order valence-corrected chi connectivity index (χ3v) is 5.75. The molecule has 1 fully saturated rings. The lowest BCUT2D eigenvalue weighted by Crippen LogP contribution is -2.47. The van der Waals surface area contributed by atoms with Crippen molar-refractivity contribution in [2.24, 2.45) is 5.92 Å². The van der Waals surface area contributed by atoms with Crippen molar-refractivity contribution in [1.82, 2.24) is 19.6 Å². The zero-order chi connectivity index (χ0) is 23.0. The molecular formula is C22H33N5O4. The van der Waals surface area contributed by atoms with E-state index in [9.17, 15) is 14.4 Å². The lowest BCUT2D eigenvalue weighted by Gasteiger charge is -2.32. The predicted molar refractivity (Wildman–Crippen MR) is 114 cm³/mol. The molecule has 1 aliphatic heterocycles. The monoisotopic (exact) mass is 431 g/mol. The lowest BCUT2D eigenvalue weighted by atomic mass is 9.98. The minimum absolute atomic E-state index is 0.00618. The van der Waals surface area contributed by atoms with Gasteiger partial charge in [0.1, 0.15) is 0 Å². The quantitative estimate of drug-likeness (QED) is 0.550. The lowest BCUT2D eigenvalue weighted by molar-refractivity contribution is -0.152. The van der Waals surface area contributed by atoms with Gasteiger partial charge in [0.25, 0.3) is 0 Å². The summed E-state index contributed by atoms with van der Waals surface area (Å²) in [5.41, 5.74) is 2.84. The SMILES string of the molecule is CCOC(=O)C1CCCN(C(=O)CN(C)C(=O)CCc2c(C)nn(CCC#N)c2C)C1. The molecule has 1 unspecified atom stereocenters. The average molecular weight is 432 g/mol. The van der Waals surface area contributed by atoms with Crippen molar-refractivity contribution in [2.45, 2.75) is 59.4 Å². The van der Waals surface area contributed by atoms with E-state index in [2.05, 4.69) is 11.2 Å². The van der Waals surface area contributed by atoms with Gasteiger partial charge in [-0.25, -0.2) is 0 Å². The van der Waals surface area contributed by atoms with Gasteiger partial charge < -0.3 is 14.5 Å². The van der Waals surface area contributed by atoms with Crippen molar-refractivity contribution in [3.63, 3.8) is 0 Å². The van der Waals surface area contributed by atoms with E-state index in [-0.39, 0.29) is 36.7 Å². The molecule has 1 aromatic heterocycles. The van der Waals surface area contributed by atoms with Crippen LogP contribution < -0.4 is 0 Å². The van der Waals surface area contributed by atoms with E-state index < -0.39 is 0 Å². The second-order valence-corrected chi connectivity index (χ2v) is 7.96. The number of hydrogen-bond donors (Lipinski definition) is 0. The normalized spacial score (nSPS) is 16.0. The van der Waals surface area contributed by atoms with E-state index in [4.69, 9.17) is 10.00 Å². The van der Waals surface area contributed by atoms with Gasteiger partial charge in [0.2, 0.25) is 11.8 Å². The standard InChI is InChI=1S/C22H33N5O4/c1-5-31-22(30)18-8-6-12-26(14-18)21(29)15-25(4)20(28)10-9-19-16(2)24-27(17(19)3)13-7-11-23/h18H,5-10,12-15H2,1-4H3. The highest BCUT2D eigenvalue weighted by Crippen LogP contribution is 2.19. The van der Waals surface area contributed by atoms with E-state index >= 15 is 0 Å². The number of aryl methyl sites for hydroxylation is 2. The number of amides is 2. The van der Waals surface area contributed by atoms with Crippen molar-refractivity contribution in [3.8, 4) is 6.07 Å². The number of carbonyl (C=O) groups is 3. The number of ether oxygens (including phenoxy) is 1. The van der Waals surface area contributed by atoms with Crippen LogP contribution in [0.15, 0.2) is 0 Å². The van der Waals surface area contributed by atoms with Crippen molar-refractivity contribution >= 4 is 17.8 Å². The molecule has 0 aromatic carbocycles. The Morgan fingerprint density at radius 3 is 2.74 bits per heavy atom. The van der Waals surface area contributed by atoms with E-state index in [0.717, 1.165) is 29.8 Å². The fourth-order valence-electron chi connectivity index (χ4n) is 3.94. The fraction of sp³-hybridized carbons (Fsp3) is 0.682. The fourth-order valence-corrected chi connectivity index (χ4v) is 3.94. The first kappa shape index (κ1) is 24.4. The van der Waals surface area contributed by atoms with E-state index in [1.54, 1.807) is 18.9 Å². The molecule has 1 saturated heterocycles. The second-order valence-electron chi connectivity index (χ2n) is 7.96. The molecule has 0 spiro atoms. The maximum absolute atomic E-state index is 12.7. The Balaban J connectivity index is 1.87. The second kappa shape index (κ2) is 11.5. The first-order valence-corrected chi connectivity index (χ1v) is 10.9. The third kappa shape index (κ3) is 6.54. The smallest absolute Gasteiger partial charge is 0.310 e. The summed E-state index contributed by atoms with van der Waals surface area (Å²) in [4.78, 5) is 40.4. The Labute approximate surface area is 183 Å². The first-order valence-electron chi connectivity index (χ1n) is 10.9. The number of piperidine rings is 1. The van der Waals surface area contributed by atoms with Crippen molar-refractivity contribution in [2.75, 3.05) is 33.3 Å². The summed E-state index contributed by atoms with van der Waals surface area (Å²) in [7, 11) is 1.63. The van der Waals surface area contributed by atoms with Crippen LogP contribution in [0.5, 0.6) is 0 Å². The van der Waals surface area contributed by atoms with Crippen molar-refractivity contribution in [3.05, 3.63) is 17.0 Å². The number of nitriles is 1. The van der Waals surface area contributed by atoms with Gasteiger partial charge in [0.15, 0.2) is 0 Å². The predicted octanol–water partition coefficient (Wildman–Crippen LogP) is 1.61. The number of aromatic nitrogens is 2.